The van der Waals surface area contributed by atoms with E-state index in [1.807, 2.05) is 18.5 Å². The third-order valence-corrected chi connectivity index (χ3v) is 4.13. The van der Waals surface area contributed by atoms with E-state index in [0.29, 0.717) is 6.54 Å². The zero-order chi connectivity index (χ0) is 13.2. The number of hydrogen-bond acceptors (Lipinski definition) is 2. The molecule has 19 heavy (non-hydrogen) atoms. The van der Waals surface area contributed by atoms with Crippen molar-refractivity contribution in [3.05, 3.63) is 52.6 Å². The predicted molar refractivity (Wildman–Crippen MR) is 77.5 cm³/mol. The highest BCUT2D eigenvalue weighted by molar-refractivity contribution is 6.30. The van der Waals surface area contributed by atoms with E-state index in [-0.39, 0.29) is 6.04 Å². The fourth-order valence-electron chi connectivity index (χ4n) is 2.86. The normalized spacial score (nSPS) is 16.1. The van der Waals surface area contributed by atoms with Gasteiger partial charge in [0.25, 0.3) is 0 Å². The average molecular weight is 276 g/mol. The van der Waals surface area contributed by atoms with E-state index < -0.39 is 0 Å². The smallest absolute Gasteiger partial charge is 0.0957 e. The Labute approximate surface area is 118 Å². The number of rotatable bonds is 3. The highest BCUT2D eigenvalue weighted by atomic mass is 35.5. The van der Waals surface area contributed by atoms with Gasteiger partial charge in [0, 0.05) is 17.3 Å². The number of nitrogens with two attached hydrogens (primary N) is 1. The number of aromatic nitrogens is 2. The summed E-state index contributed by atoms with van der Waals surface area (Å²) in [5, 5.41) is 0.757. The fourth-order valence-corrected chi connectivity index (χ4v) is 2.98. The molecular weight excluding hydrogens is 258 g/mol. The van der Waals surface area contributed by atoms with Crippen molar-refractivity contribution in [3.8, 4) is 0 Å². The minimum Gasteiger partial charge on any atom is -0.328 e. The summed E-state index contributed by atoms with van der Waals surface area (Å²) < 4.78 is 2.25. The molecule has 0 radical (unpaired) electrons. The second-order valence-corrected chi connectivity index (χ2v) is 5.49. The maximum Gasteiger partial charge on any atom is 0.0957 e. The van der Waals surface area contributed by atoms with Crippen molar-refractivity contribution in [2.45, 2.75) is 31.7 Å². The van der Waals surface area contributed by atoms with Crippen LogP contribution in [0.25, 0.3) is 0 Å². The first-order valence-electron chi connectivity index (χ1n) is 6.79. The molecule has 0 fully saturated rings. The molecule has 1 aromatic heterocycles. The van der Waals surface area contributed by atoms with Gasteiger partial charge < -0.3 is 10.3 Å². The number of hydrogen-bond donors (Lipinski definition) is 1. The molecule has 3 rings (SSSR count). The Kier molecular flexibility index (Phi) is 3.58. The quantitative estimate of drug-likeness (QED) is 0.936. The van der Waals surface area contributed by atoms with Crippen LogP contribution in [-0.4, -0.2) is 16.1 Å². The lowest BCUT2D eigenvalue weighted by molar-refractivity contribution is 0.547. The van der Waals surface area contributed by atoms with Crippen molar-refractivity contribution in [2.24, 2.45) is 5.73 Å². The number of aryl methyl sites for hydroxylation is 1. The Morgan fingerprint density at radius 1 is 1.21 bits per heavy atom. The van der Waals surface area contributed by atoms with Gasteiger partial charge in [-0.3, -0.25) is 0 Å². The molecule has 2 aromatic rings. The summed E-state index contributed by atoms with van der Waals surface area (Å²) in [6.45, 7) is 0.574. The third-order valence-electron chi connectivity index (χ3n) is 3.87. The van der Waals surface area contributed by atoms with E-state index in [0.717, 1.165) is 17.9 Å². The second-order valence-electron chi connectivity index (χ2n) is 5.06. The summed E-state index contributed by atoms with van der Waals surface area (Å²) in [5.74, 6) is 0. The maximum absolute atomic E-state index is 5.99. The van der Waals surface area contributed by atoms with Gasteiger partial charge >= 0.3 is 0 Å². The van der Waals surface area contributed by atoms with Gasteiger partial charge in [0.15, 0.2) is 0 Å². The van der Waals surface area contributed by atoms with Crippen molar-refractivity contribution in [2.75, 3.05) is 6.54 Å². The van der Waals surface area contributed by atoms with Crippen LogP contribution in [0.1, 0.15) is 35.8 Å². The van der Waals surface area contributed by atoms with Crippen LogP contribution in [0.15, 0.2) is 30.6 Å². The number of benzene rings is 1. The summed E-state index contributed by atoms with van der Waals surface area (Å²) in [4.78, 5) is 4.55. The number of halogens is 1. The lowest BCUT2D eigenvalue weighted by Gasteiger charge is -2.22. The molecule has 2 N–H and O–H groups in total. The van der Waals surface area contributed by atoms with Crippen LogP contribution in [0, 0.1) is 0 Å². The van der Waals surface area contributed by atoms with Crippen molar-refractivity contribution < 1.29 is 0 Å². The van der Waals surface area contributed by atoms with E-state index in [1.165, 1.54) is 29.8 Å². The van der Waals surface area contributed by atoms with Gasteiger partial charge in [0.2, 0.25) is 0 Å². The first kappa shape index (κ1) is 12.7. The Balaban J connectivity index is 1.98. The van der Waals surface area contributed by atoms with Crippen molar-refractivity contribution in [1.82, 2.24) is 9.55 Å². The topological polar surface area (TPSA) is 43.8 Å². The van der Waals surface area contributed by atoms with Crippen LogP contribution >= 0.6 is 11.6 Å². The van der Waals surface area contributed by atoms with E-state index in [4.69, 9.17) is 17.3 Å². The van der Waals surface area contributed by atoms with Crippen LogP contribution < -0.4 is 5.73 Å². The Morgan fingerprint density at radius 2 is 1.95 bits per heavy atom. The van der Waals surface area contributed by atoms with Crippen molar-refractivity contribution in [1.29, 1.82) is 0 Å². The van der Waals surface area contributed by atoms with Gasteiger partial charge in [-0.25, -0.2) is 4.98 Å². The second kappa shape index (κ2) is 5.35. The monoisotopic (exact) mass is 275 g/mol. The molecule has 100 valence electrons. The van der Waals surface area contributed by atoms with Crippen molar-refractivity contribution in [3.63, 3.8) is 0 Å². The molecule has 0 saturated carbocycles. The van der Waals surface area contributed by atoms with Gasteiger partial charge in [-0.1, -0.05) is 23.7 Å². The SMILES string of the molecule is NCC(c1ccc(Cl)cc1)n1cnc2c1CCCC2. The molecule has 1 unspecified atom stereocenters. The van der Waals surface area contributed by atoms with E-state index in [2.05, 4.69) is 21.7 Å². The molecule has 0 saturated heterocycles. The predicted octanol–water partition coefficient (Wildman–Crippen LogP) is 2.96. The molecule has 0 spiro atoms. The average Bonchev–Trinajstić information content (AvgIpc) is 2.86. The highest BCUT2D eigenvalue weighted by Crippen LogP contribution is 2.26. The highest BCUT2D eigenvalue weighted by Gasteiger charge is 2.20. The summed E-state index contributed by atoms with van der Waals surface area (Å²) in [6, 6.07) is 8.10. The number of fused-ring (bicyclic) bond motifs is 1. The van der Waals surface area contributed by atoms with E-state index in [1.54, 1.807) is 0 Å². The number of nitrogens with zero attached hydrogens (tertiary/aromatic N) is 2. The standard InChI is InChI=1S/C15H18ClN3/c16-12-7-5-11(6-8-12)15(9-17)19-10-18-13-3-1-2-4-14(13)19/h5-8,10,15H,1-4,9,17H2. The van der Waals surface area contributed by atoms with E-state index >= 15 is 0 Å². The van der Waals surface area contributed by atoms with Crippen LogP contribution in [0.2, 0.25) is 5.02 Å². The molecule has 1 aromatic carbocycles. The van der Waals surface area contributed by atoms with Crippen LogP contribution in [0.3, 0.4) is 0 Å². The molecule has 1 heterocycles. The molecule has 0 bridgehead atoms. The molecule has 1 aliphatic rings. The third kappa shape index (κ3) is 2.40. The van der Waals surface area contributed by atoms with Crippen LogP contribution in [0.4, 0.5) is 0 Å². The van der Waals surface area contributed by atoms with E-state index in [9.17, 15) is 0 Å². The van der Waals surface area contributed by atoms with Gasteiger partial charge in [-0.15, -0.1) is 0 Å². The molecular formula is C15H18ClN3. The van der Waals surface area contributed by atoms with Gasteiger partial charge in [0.1, 0.15) is 0 Å². The Hall–Kier alpha value is -1.32. The largest absolute Gasteiger partial charge is 0.328 e. The molecule has 3 nitrogen and oxygen atoms in total. The summed E-state index contributed by atoms with van der Waals surface area (Å²) in [6.07, 6.45) is 6.65. The molecule has 0 amide bonds. The van der Waals surface area contributed by atoms with Gasteiger partial charge in [-0.2, -0.15) is 0 Å². The molecule has 1 aliphatic carbocycles. The zero-order valence-corrected chi connectivity index (χ0v) is 11.6. The van der Waals surface area contributed by atoms with Crippen LogP contribution in [0.5, 0.6) is 0 Å². The number of imidazole rings is 1. The molecule has 0 aliphatic heterocycles. The fraction of sp³-hybridized carbons (Fsp3) is 0.400. The molecule has 4 heteroatoms. The Bertz CT molecular complexity index is 559. The minimum atomic E-state index is 0.159. The summed E-state index contributed by atoms with van der Waals surface area (Å²) in [5.41, 5.74) is 9.78. The summed E-state index contributed by atoms with van der Waals surface area (Å²) >= 11 is 5.95. The lowest BCUT2D eigenvalue weighted by atomic mass is 9.99. The van der Waals surface area contributed by atoms with Gasteiger partial charge in [-0.05, 0) is 43.4 Å². The Morgan fingerprint density at radius 3 is 2.68 bits per heavy atom. The first-order chi connectivity index (χ1) is 9.29. The van der Waals surface area contributed by atoms with Crippen molar-refractivity contribution >= 4 is 11.6 Å². The summed E-state index contributed by atoms with van der Waals surface area (Å²) in [7, 11) is 0. The zero-order valence-electron chi connectivity index (χ0n) is 10.8. The molecule has 1 atom stereocenters. The van der Waals surface area contributed by atoms with Gasteiger partial charge in [0.05, 0.1) is 18.1 Å². The maximum atomic E-state index is 5.99. The minimum absolute atomic E-state index is 0.159. The van der Waals surface area contributed by atoms with Crippen LogP contribution in [-0.2, 0) is 12.8 Å². The lowest BCUT2D eigenvalue weighted by Crippen LogP contribution is -2.22. The first-order valence-corrected chi connectivity index (χ1v) is 7.17.